The molecule has 2 aromatic heterocycles. The Morgan fingerprint density at radius 1 is 1.12 bits per heavy atom. The maximum Gasteiger partial charge on any atom is 0.167 e. The minimum absolute atomic E-state index is 0.325. The molecule has 4 aromatic rings. The second kappa shape index (κ2) is 9.59. The van der Waals surface area contributed by atoms with E-state index in [1.165, 1.54) is 0 Å². The second-order valence-electron chi connectivity index (χ2n) is 9.45. The fourth-order valence-electron chi connectivity index (χ4n) is 3.81. The molecule has 0 aliphatic carbocycles. The molecule has 0 aliphatic rings. The van der Waals surface area contributed by atoms with Crippen molar-refractivity contribution < 1.29 is 9.08 Å². The van der Waals surface area contributed by atoms with Gasteiger partial charge in [-0.05, 0) is 69.5 Å². The highest BCUT2D eigenvalue weighted by molar-refractivity contribution is 7.90. The largest absolute Gasteiger partial charge is 0.598 e. The molecule has 7 heteroatoms. The molecule has 0 spiro atoms. The molecule has 0 amide bonds. The van der Waals surface area contributed by atoms with E-state index in [0.29, 0.717) is 12.1 Å². The molecule has 0 saturated carbocycles. The summed E-state index contributed by atoms with van der Waals surface area (Å²) in [4.78, 5) is 4.54. The molecular formula is C27H28N4O2S. The molecule has 4 rings (SSSR count). The topological polar surface area (TPSA) is 97.8 Å². The fourth-order valence-corrected chi connectivity index (χ4v) is 4.63. The Morgan fingerprint density at radius 3 is 2.62 bits per heavy atom. The first-order valence-corrected chi connectivity index (χ1v) is 12.3. The van der Waals surface area contributed by atoms with Crippen LogP contribution in [0.15, 0.2) is 59.1 Å². The van der Waals surface area contributed by atoms with Crippen LogP contribution >= 0.6 is 0 Å². The molecule has 0 aliphatic heterocycles. The minimum atomic E-state index is -1.33. The van der Waals surface area contributed by atoms with Gasteiger partial charge in [0.25, 0.3) is 0 Å². The van der Waals surface area contributed by atoms with E-state index in [4.69, 9.17) is 4.52 Å². The third-order valence-corrected chi connectivity index (χ3v) is 7.35. The van der Waals surface area contributed by atoms with Gasteiger partial charge in [-0.25, -0.2) is 4.98 Å². The second-order valence-corrected chi connectivity index (χ2v) is 11.4. The van der Waals surface area contributed by atoms with Gasteiger partial charge >= 0.3 is 0 Å². The zero-order chi connectivity index (χ0) is 24.5. The quantitative estimate of drug-likeness (QED) is 0.361. The number of hydrogen-bond acceptors (Lipinski definition) is 6. The van der Waals surface area contributed by atoms with Crippen LogP contribution in [0.3, 0.4) is 0 Å². The normalized spacial score (nSPS) is 13.6. The lowest BCUT2D eigenvalue weighted by atomic mass is 9.93. The zero-order valence-electron chi connectivity index (χ0n) is 20.0. The van der Waals surface area contributed by atoms with Gasteiger partial charge in [-0.3, -0.25) is 0 Å². The Labute approximate surface area is 203 Å². The number of aromatic nitrogens is 2. The van der Waals surface area contributed by atoms with E-state index in [9.17, 15) is 9.81 Å². The van der Waals surface area contributed by atoms with Crippen molar-refractivity contribution in [1.29, 1.82) is 5.26 Å². The van der Waals surface area contributed by atoms with Crippen LogP contribution in [0.25, 0.3) is 22.2 Å². The molecule has 174 valence electrons. The number of nitriles is 1. The predicted octanol–water partition coefficient (Wildman–Crippen LogP) is 5.71. The van der Waals surface area contributed by atoms with Crippen LogP contribution in [-0.4, -0.2) is 19.4 Å². The zero-order valence-corrected chi connectivity index (χ0v) is 20.9. The van der Waals surface area contributed by atoms with Gasteiger partial charge < -0.3 is 9.08 Å². The Hall–Kier alpha value is -3.18. The minimum Gasteiger partial charge on any atom is -0.598 e. The monoisotopic (exact) mass is 472 g/mol. The van der Waals surface area contributed by atoms with Gasteiger partial charge in [-0.2, -0.15) is 5.26 Å². The first kappa shape index (κ1) is 24.0. The first-order valence-electron chi connectivity index (χ1n) is 11.2. The van der Waals surface area contributed by atoms with Crippen LogP contribution < -0.4 is 4.72 Å². The van der Waals surface area contributed by atoms with Gasteiger partial charge in [-0.1, -0.05) is 41.6 Å². The molecular weight excluding hydrogens is 444 g/mol. The maximum atomic E-state index is 13.2. The van der Waals surface area contributed by atoms with Crippen LogP contribution in [0.1, 0.15) is 54.9 Å². The number of aryl methyl sites for hydroxylation is 2. The van der Waals surface area contributed by atoms with E-state index < -0.39 is 16.1 Å². The SMILES string of the molecule is Cc1ccc2c(-c3ccccc3C(Cc3nc(C#N)ccc3C)N[S@@+]([O-])C(C)(C)C)noc2c1. The summed E-state index contributed by atoms with van der Waals surface area (Å²) in [5.74, 6) is 0. The first-order chi connectivity index (χ1) is 16.2. The highest BCUT2D eigenvalue weighted by Crippen LogP contribution is 2.35. The van der Waals surface area contributed by atoms with Crippen LogP contribution in [0, 0.1) is 25.2 Å². The van der Waals surface area contributed by atoms with Gasteiger partial charge in [-0.15, -0.1) is 4.72 Å². The van der Waals surface area contributed by atoms with Gasteiger partial charge in [0.15, 0.2) is 5.58 Å². The third-order valence-electron chi connectivity index (χ3n) is 5.74. The van der Waals surface area contributed by atoms with E-state index in [0.717, 1.165) is 44.6 Å². The average molecular weight is 473 g/mol. The highest BCUT2D eigenvalue weighted by atomic mass is 32.2. The van der Waals surface area contributed by atoms with Gasteiger partial charge in [0.05, 0.1) is 6.04 Å². The average Bonchev–Trinajstić information content (AvgIpc) is 3.22. The van der Waals surface area contributed by atoms with Crippen molar-refractivity contribution >= 4 is 22.3 Å². The van der Waals surface area contributed by atoms with Crippen LogP contribution in [0.4, 0.5) is 0 Å². The summed E-state index contributed by atoms with van der Waals surface area (Å²) in [5, 5.41) is 14.7. The van der Waals surface area contributed by atoms with E-state index in [1.807, 2.05) is 83.1 Å². The lowest BCUT2D eigenvalue weighted by molar-refractivity contribution is 0.459. The van der Waals surface area contributed by atoms with E-state index in [2.05, 4.69) is 20.9 Å². The summed E-state index contributed by atoms with van der Waals surface area (Å²) < 4.78 is 21.7. The van der Waals surface area contributed by atoms with Gasteiger partial charge in [0.1, 0.15) is 22.2 Å². The molecule has 2 heterocycles. The van der Waals surface area contributed by atoms with Crippen LogP contribution in [0.2, 0.25) is 0 Å². The number of benzene rings is 2. The van der Waals surface area contributed by atoms with Crippen LogP contribution in [-0.2, 0) is 17.8 Å². The van der Waals surface area contributed by atoms with Crippen molar-refractivity contribution in [2.45, 2.75) is 51.8 Å². The molecule has 0 saturated heterocycles. The van der Waals surface area contributed by atoms with E-state index in [1.54, 1.807) is 6.07 Å². The number of rotatable bonds is 6. The van der Waals surface area contributed by atoms with Crippen molar-refractivity contribution in [2.24, 2.45) is 0 Å². The number of hydrogen-bond donors (Lipinski definition) is 1. The van der Waals surface area contributed by atoms with Crippen molar-refractivity contribution in [3.8, 4) is 17.3 Å². The molecule has 1 unspecified atom stereocenters. The molecule has 0 bridgehead atoms. The van der Waals surface area contributed by atoms with Gasteiger partial charge in [0.2, 0.25) is 0 Å². The number of nitrogens with one attached hydrogen (secondary N) is 1. The summed E-state index contributed by atoms with van der Waals surface area (Å²) in [6.45, 7) is 9.80. The molecule has 2 atom stereocenters. The Morgan fingerprint density at radius 2 is 1.88 bits per heavy atom. The summed E-state index contributed by atoms with van der Waals surface area (Å²) in [6.07, 6.45) is 0.467. The fraction of sp³-hybridized carbons (Fsp3) is 0.296. The molecule has 2 aromatic carbocycles. The molecule has 1 N–H and O–H groups in total. The van der Waals surface area contributed by atoms with Crippen molar-refractivity contribution in [3.05, 3.63) is 82.7 Å². The highest BCUT2D eigenvalue weighted by Gasteiger charge is 2.32. The lowest BCUT2D eigenvalue weighted by Gasteiger charge is -2.29. The summed E-state index contributed by atoms with van der Waals surface area (Å²) in [7, 11) is 0. The molecule has 34 heavy (non-hydrogen) atoms. The predicted molar refractivity (Wildman–Crippen MR) is 135 cm³/mol. The van der Waals surface area contributed by atoms with Crippen LogP contribution in [0.5, 0.6) is 0 Å². The van der Waals surface area contributed by atoms with Gasteiger partial charge in [0, 0.05) is 34.4 Å². The Bertz CT molecular complexity index is 1370. The lowest BCUT2D eigenvalue weighted by Crippen LogP contribution is -2.42. The standard InChI is InChI=1S/C27H28N4O2S/c1-17-10-13-22-25(14-17)33-30-26(22)21-9-7-6-8-20(21)24(31-34(32)27(3,4)5)15-23-18(2)11-12-19(16-28)29-23/h6-14,24,31H,15H2,1-5H3/t24?,34-/m0/s1. The van der Waals surface area contributed by atoms with E-state index in [-0.39, 0.29) is 6.04 Å². The Balaban J connectivity index is 1.83. The van der Waals surface area contributed by atoms with E-state index >= 15 is 0 Å². The smallest absolute Gasteiger partial charge is 0.167 e. The summed E-state index contributed by atoms with van der Waals surface area (Å²) in [6, 6.07) is 19.4. The molecule has 0 fully saturated rings. The Kier molecular flexibility index (Phi) is 6.76. The van der Waals surface area contributed by atoms with Crippen molar-refractivity contribution in [1.82, 2.24) is 14.9 Å². The van der Waals surface area contributed by atoms with Crippen molar-refractivity contribution in [2.75, 3.05) is 0 Å². The number of pyridine rings is 1. The molecule has 6 nitrogen and oxygen atoms in total. The molecule has 0 radical (unpaired) electrons. The number of nitrogens with zero attached hydrogens (tertiary/aromatic N) is 3. The maximum absolute atomic E-state index is 13.2. The third kappa shape index (κ3) is 5.00. The number of fused-ring (bicyclic) bond motifs is 1. The summed E-state index contributed by atoms with van der Waals surface area (Å²) >= 11 is -1.33. The van der Waals surface area contributed by atoms with Crippen molar-refractivity contribution in [3.63, 3.8) is 0 Å². The summed E-state index contributed by atoms with van der Waals surface area (Å²) in [5.41, 5.74) is 6.55.